The number of halogens is 1. The average Bonchev–Trinajstić information content (AvgIpc) is 3.03. The van der Waals surface area contributed by atoms with Gasteiger partial charge in [-0.1, -0.05) is 23.7 Å². The molecule has 0 saturated heterocycles. The van der Waals surface area contributed by atoms with Crippen molar-refractivity contribution in [2.24, 2.45) is 0 Å². The molecule has 3 rings (SSSR count). The van der Waals surface area contributed by atoms with Crippen LogP contribution in [0.2, 0.25) is 4.34 Å². The van der Waals surface area contributed by atoms with E-state index in [1.54, 1.807) is 11.9 Å². The first-order valence-corrected chi connectivity index (χ1v) is 9.85. The van der Waals surface area contributed by atoms with Crippen LogP contribution in [0.15, 0.2) is 30.3 Å². The lowest BCUT2D eigenvalue weighted by atomic mass is 9.89. The van der Waals surface area contributed by atoms with Crippen LogP contribution < -0.4 is 0 Å². The highest BCUT2D eigenvalue weighted by molar-refractivity contribution is 7.16. The Morgan fingerprint density at radius 1 is 1.08 bits per heavy atom. The van der Waals surface area contributed by atoms with E-state index in [4.69, 9.17) is 11.6 Å². The normalized spacial score (nSPS) is 13.4. The summed E-state index contributed by atoms with van der Waals surface area (Å²) in [5.74, 6) is 0.0325. The molecule has 1 heterocycles. The predicted octanol–water partition coefficient (Wildman–Crippen LogP) is 4.90. The van der Waals surface area contributed by atoms with Gasteiger partial charge in [-0.15, -0.1) is 11.3 Å². The Kier molecular flexibility index (Phi) is 5.92. The minimum Gasteiger partial charge on any atom is -0.341 e. The molecule has 0 saturated carbocycles. The summed E-state index contributed by atoms with van der Waals surface area (Å²) in [6.45, 7) is 0.531. The van der Waals surface area contributed by atoms with E-state index in [-0.39, 0.29) is 24.5 Å². The zero-order chi connectivity index (χ0) is 17.8. The second-order valence-corrected chi connectivity index (χ2v) is 8.37. The highest BCUT2D eigenvalue weighted by Gasteiger charge is 2.16. The molecule has 0 atom stereocenters. The lowest BCUT2D eigenvalue weighted by molar-refractivity contribution is -0.130. The second-order valence-electron chi connectivity index (χ2n) is 6.57. The number of amides is 1. The number of benzene rings is 1. The van der Waals surface area contributed by atoms with Crippen LogP contribution in [0.1, 0.15) is 52.0 Å². The maximum Gasteiger partial charge on any atom is 0.223 e. The zero-order valence-electron chi connectivity index (χ0n) is 14.4. The number of carbonyl (C=O) groups excluding carboxylic acids is 2. The van der Waals surface area contributed by atoms with Gasteiger partial charge in [0.05, 0.1) is 10.9 Å². The van der Waals surface area contributed by atoms with Gasteiger partial charge < -0.3 is 4.90 Å². The Bertz CT molecular complexity index is 784. The van der Waals surface area contributed by atoms with E-state index < -0.39 is 0 Å². The van der Waals surface area contributed by atoms with Crippen LogP contribution in [0.5, 0.6) is 0 Å². The molecule has 0 aliphatic heterocycles. The zero-order valence-corrected chi connectivity index (χ0v) is 16.0. The highest BCUT2D eigenvalue weighted by Crippen LogP contribution is 2.24. The van der Waals surface area contributed by atoms with E-state index in [1.807, 2.05) is 24.3 Å². The summed E-state index contributed by atoms with van der Waals surface area (Å²) in [5, 5.41) is 0. The van der Waals surface area contributed by atoms with E-state index >= 15 is 0 Å². The molecule has 1 aliphatic rings. The van der Waals surface area contributed by atoms with Crippen LogP contribution in [0.25, 0.3) is 0 Å². The third-order valence-corrected chi connectivity index (χ3v) is 5.90. The Hall–Kier alpha value is -1.65. The molecule has 0 fully saturated rings. The molecule has 0 bridgehead atoms. The summed E-state index contributed by atoms with van der Waals surface area (Å²) in [6.07, 6.45) is 5.09. The van der Waals surface area contributed by atoms with Gasteiger partial charge in [-0.05, 0) is 55.0 Å². The van der Waals surface area contributed by atoms with Crippen LogP contribution in [0.3, 0.4) is 0 Å². The van der Waals surface area contributed by atoms with Crippen LogP contribution in [0.4, 0.5) is 0 Å². The summed E-state index contributed by atoms with van der Waals surface area (Å²) in [5.41, 5.74) is 3.41. The van der Waals surface area contributed by atoms with Crippen molar-refractivity contribution in [1.82, 2.24) is 4.90 Å². The van der Waals surface area contributed by atoms with Crippen molar-refractivity contribution in [2.45, 2.75) is 45.1 Å². The smallest absolute Gasteiger partial charge is 0.223 e. The lowest BCUT2D eigenvalue weighted by Gasteiger charge is -2.17. The summed E-state index contributed by atoms with van der Waals surface area (Å²) in [7, 11) is 1.76. The van der Waals surface area contributed by atoms with Crippen molar-refractivity contribution in [1.29, 1.82) is 0 Å². The second kappa shape index (κ2) is 8.15. The largest absolute Gasteiger partial charge is 0.341 e. The van der Waals surface area contributed by atoms with Gasteiger partial charge in [-0.25, -0.2) is 0 Å². The Morgan fingerprint density at radius 3 is 2.56 bits per heavy atom. The number of carbonyl (C=O) groups is 2. The van der Waals surface area contributed by atoms with Gasteiger partial charge in [-0.3, -0.25) is 9.59 Å². The first-order valence-electron chi connectivity index (χ1n) is 8.66. The number of rotatable bonds is 6. The molecule has 1 aliphatic carbocycles. The van der Waals surface area contributed by atoms with Crippen molar-refractivity contribution in [2.75, 3.05) is 7.05 Å². The number of nitrogens with zero attached hydrogens (tertiary/aromatic N) is 1. The minimum absolute atomic E-state index is 0.0177. The number of hydrogen-bond donors (Lipinski definition) is 0. The molecule has 3 nitrogen and oxygen atoms in total. The first kappa shape index (κ1) is 18.2. The third kappa shape index (κ3) is 4.71. The fourth-order valence-corrected chi connectivity index (χ4v) is 4.36. The fraction of sp³-hybridized carbons (Fsp3) is 0.400. The summed E-state index contributed by atoms with van der Waals surface area (Å²) < 4.78 is 0.721. The van der Waals surface area contributed by atoms with Crippen LogP contribution in [-0.4, -0.2) is 23.6 Å². The molecule has 0 N–H and O–H groups in total. The molecule has 1 aromatic carbocycles. The number of hydrogen-bond acceptors (Lipinski definition) is 3. The fourth-order valence-electron chi connectivity index (χ4n) is 3.22. The maximum absolute atomic E-state index is 12.4. The molecule has 5 heteroatoms. The van der Waals surface area contributed by atoms with Crippen molar-refractivity contribution < 1.29 is 9.59 Å². The van der Waals surface area contributed by atoms with Crippen LogP contribution in [0, 0.1) is 0 Å². The molecule has 0 unspecified atom stereocenters. The number of thiophene rings is 1. The average molecular weight is 376 g/mol. The van der Waals surface area contributed by atoms with Gasteiger partial charge in [0, 0.05) is 30.3 Å². The number of ketones is 1. The van der Waals surface area contributed by atoms with E-state index in [1.165, 1.54) is 35.3 Å². The molecule has 2 aromatic rings. The molecule has 0 spiro atoms. The Labute approximate surface area is 157 Å². The van der Waals surface area contributed by atoms with E-state index in [2.05, 4.69) is 6.07 Å². The van der Waals surface area contributed by atoms with E-state index in [9.17, 15) is 9.59 Å². The van der Waals surface area contributed by atoms with Crippen LogP contribution in [-0.2, 0) is 24.2 Å². The molecular formula is C20H22ClNO2S. The predicted molar refractivity (Wildman–Crippen MR) is 102 cm³/mol. The summed E-state index contributed by atoms with van der Waals surface area (Å²) in [4.78, 5) is 27.4. The standard InChI is InChI=1S/C20H22ClNO2S/c1-22(13-17-8-10-19(21)25-17)20(24)11-9-18(23)16-7-6-14-4-2-3-5-15(14)12-16/h6-8,10,12H,2-5,9,11,13H2,1H3. The number of Topliss-reactive ketones (excluding diaryl/α,β-unsaturated/α-hetero) is 1. The van der Waals surface area contributed by atoms with Crippen molar-refractivity contribution in [3.05, 3.63) is 56.2 Å². The van der Waals surface area contributed by atoms with E-state index in [0.717, 1.165) is 27.6 Å². The van der Waals surface area contributed by atoms with Gasteiger partial charge >= 0.3 is 0 Å². The Balaban J connectivity index is 1.53. The minimum atomic E-state index is -0.0177. The lowest BCUT2D eigenvalue weighted by Crippen LogP contribution is -2.26. The molecule has 1 aromatic heterocycles. The SMILES string of the molecule is CN(Cc1ccc(Cl)s1)C(=O)CCC(=O)c1ccc2c(c1)CCCC2. The molecule has 0 radical (unpaired) electrons. The summed E-state index contributed by atoms with van der Waals surface area (Å²) in [6, 6.07) is 9.78. The first-order chi connectivity index (χ1) is 12.0. The maximum atomic E-state index is 12.4. The van der Waals surface area contributed by atoms with Gasteiger partial charge in [0.1, 0.15) is 0 Å². The quantitative estimate of drug-likeness (QED) is 0.673. The molecular weight excluding hydrogens is 354 g/mol. The van der Waals surface area contributed by atoms with Crippen LogP contribution >= 0.6 is 22.9 Å². The van der Waals surface area contributed by atoms with Crippen molar-refractivity contribution in [3.8, 4) is 0 Å². The van der Waals surface area contributed by atoms with Gasteiger partial charge in [0.2, 0.25) is 5.91 Å². The number of aryl methyl sites for hydroxylation is 2. The highest BCUT2D eigenvalue weighted by atomic mass is 35.5. The molecule has 25 heavy (non-hydrogen) atoms. The molecule has 1 amide bonds. The summed E-state index contributed by atoms with van der Waals surface area (Å²) >= 11 is 7.39. The number of fused-ring (bicyclic) bond motifs is 1. The van der Waals surface area contributed by atoms with Gasteiger partial charge in [-0.2, -0.15) is 0 Å². The Morgan fingerprint density at radius 2 is 1.84 bits per heavy atom. The van der Waals surface area contributed by atoms with Gasteiger partial charge in [0.15, 0.2) is 5.78 Å². The molecule has 132 valence electrons. The monoisotopic (exact) mass is 375 g/mol. The third-order valence-electron chi connectivity index (χ3n) is 4.68. The van der Waals surface area contributed by atoms with Crippen molar-refractivity contribution >= 4 is 34.6 Å². The van der Waals surface area contributed by atoms with E-state index in [0.29, 0.717) is 6.54 Å². The van der Waals surface area contributed by atoms with Crippen molar-refractivity contribution in [3.63, 3.8) is 0 Å². The van der Waals surface area contributed by atoms with Gasteiger partial charge in [0.25, 0.3) is 0 Å². The topological polar surface area (TPSA) is 37.4 Å².